The van der Waals surface area contributed by atoms with E-state index in [9.17, 15) is 5.11 Å². The van der Waals surface area contributed by atoms with Crippen LogP contribution in [0.1, 0.15) is 36.9 Å². The highest BCUT2D eigenvalue weighted by molar-refractivity contribution is 5.83. The first-order valence-corrected chi connectivity index (χ1v) is 8.75. The molecule has 1 aromatic heterocycles. The first-order chi connectivity index (χ1) is 11.7. The van der Waals surface area contributed by atoms with Gasteiger partial charge in [-0.05, 0) is 49.6 Å². The maximum absolute atomic E-state index is 11.5. The molecule has 2 aromatic carbocycles. The topological polar surface area (TPSA) is 39.3 Å². The molecule has 1 saturated heterocycles. The minimum absolute atomic E-state index is 0.309. The monoisotopic (exact) mass is 320 g/mol. The number of hydrogen-bond acceptors (Lipinski definition) is 2. The van der Waals surface area contributed by atoms with Crippen molar-refractivity contribution in [2.75, 3.05) is 13.1 Å². The van der Waals surface area contributed by atoms with Crippen LogP contribution in [0.15, 0.2) is 60.8 Å². The molecule has 2 unspecified atom stereocenters. The van der Waals surface area contributed by atoms with Gasteiger partial charge in [0.15, 0.2) is 0 Å². The fraction of sp³-hybridized carbons (Fsp3) is 0.333. The van der Waals surface area contributed by atoms with E-state index in [0.29, 0.717) is 12.6 Å². The van der Waals surface area contributed by atoms with E-state index in [-0.39, 0.29) is 0 Å². The third-order valence-electron chi connectivity index (χ3n) is 5.43. The first kappa shape index (κ1) is 15.4. The lowest BCUT2D eigenvalue weighted by atomic mass is 9.83. The molecule has 2 atom stereocenters. The van der Waals surface area contributed by atoms with Crippen molar-refractivity contribution in [1.29, 1.82) is 0 Å². The van der Waals surface area contributed by atoms with E-state index in [4.69, 9.17) is 0 Å². The van der Waals surface area contributed by atoms with Crippen LogP contribution in [0.25, 0.3) is 10.9 Å². The number of benzene rings is 2. The van der Waals surface area contributed by atoms with Crippen LogP contribution in [0.5, 0.6) is 0 Å². The summed E-state index contributed by atoms with van der Waals surface area (Å²) in [7, 11) is 0. The third kappa shape index (κ3) is 2.64. The number of rotatable bonds is 3. The molecular formula is C21H24N2O. The van der Waals surface area contributed by atoms with Crippen LogP contribution in [0.3, 0.4) is 0 Å². The SMILES string of the molecule is CC(c1ccccc1)N1CCCC(O)(c2cccc3[nH]ccc23)C1. The average molecular weight is 320 g/mol. The van der Waals surface area contributed by atoms with E-state index in [2.05, 4.69) is 65.3 Å². The Morgan fingerprint density at radius 1 is 1.08 bits per heavy atom. The second kappa shape index (κ2) is 6.08. The minimum Gasteiger partial charge on any atom is -0.384 e. The smallest absolute Gasteiger partial charge is 0.103 e. The van der Waals surface area contributed by atoms with E-state index in [1.54, 1.807) is 0 Å². The summed E-state index contributed by atoms with van der Waals surface area (Å²) in [5.41, 5.74) is 2.66. The number of hydrogen-bond donors (Lipinski definition) is 2. The maximum atomic E-state index is 11.5. The van der Waals surface area contributed by atoms with Crippen LogP contribution in [0.2, 0.25) is 0 Å². The van der Waals surface area contributed by atoms with Gasteiger partial charge in [-0.1, -0.05) is 42.5 Å². The second-order valence-corrected chi connectivity index (χ2v) is 6.94. The number of piperidine rings is 1. The van der Waals surface area contributed by atoms with Crippen molar-refractivity contribution in [3.8, 4) is 0 Å². The number of H-pyrrole nitrogens is 1. The molecule has 1 aliphatic heterocycles. The number of aromatic nitrogens is 1. The van der Waals surface area contributed by atoms with E-state index >= 15 is 0 Å². The Morgan fingerprint density at radius 2 is 1.92 bits per heavy atom. The average Bonchev–Trinajstić information content (AvgIpc) is 3.10. The van der Waals surface area contributed by atoms with E-state index in [1.807, 2.05) is 12.3 Å². The number of likely N-dealkylation sites (tertiary alicyclic amines) is 1. The lowest BCUT2D eigenvalue weighted by molar-refractivity contribution is -0.0460. The number of fused-ring (bicyclic) bond motifs is 1. The summed E-state index contributed by atoms with van der Waals surface area (Å²) in [6, 6.07) is 19.1. The molecule has 2 N–H and O–H groups in total. The highest BCUT2D eigenvalue weighted by Crippen LogP contribution is 2.38. The molecule has 1 fully saturated rings. The summed E-state index contributed by atoms with van der Waals surface area (Å²) < 4.78 is 0. The minimum atomic E-state index is -0.789. The fourth-order valence-electron chi connectivity index (χ4n) is 4.05. The van der Waals surface area contributed by atoms with Gasteiger partial charge in [-0.25, -0.2) is 0 Å². The normalized spacial score (nSPS) is 23.4. The second-order valence-electron chi connectivity index (χ2n) is 6.94. The molecule has 0 aliphatic carbocycles. The van der Waals surface area contributed by atoms with Gasteiger partial charge in [0.25, 0.3) is 0 Å². The van der Waals surface area contributed by atoms with Crippen molar-refractivity contribution < 1.29 is 5.11 Å². The van der Waals surface area contributed by atoms with Crippen molar-refractivity contribution in [3.05, 3.63) is 71.9 Å². The molecule has 0 radical (unpaired) electrons. The van der Waals surface area contributed by atoms with E-state index in [1.165, 1.54) is 5.56 Å². The number of aromatic amines is 1. The molecule has 124 valence electrons. The van der Waals surface area contributed by atoms with Crippen LogP contribution in [-0.4, -0.2) is 28.1 Å². The van der Waals surface area contributed by atoms with Gasteiger partial charge in [-0.2, -0.15) is 0 Å². The van der Waals surface area contributed by atoms with E-state index in [0.717, 1.165) is 35.9 Å². The van der Waals surface area contributed by atoms with Crippen LogP contribution in [0, 0.1) is 0 Å². The number of nitrogens with zero attached hydrogens (tertiary/aromatic N) is 1. The largest absolute Gasteiger partial charge is 0.384 e. The lowest BCUT2D eigenvalue weighted by Crippen LogP contribution is -2.47. The molecular weight excluding hydrogens is 296 g/mol. The fourth-order valence-corrected chi connectivity index (χ4v) is 4.05. The lowest BCUT2D eigenvalue weighted by Gasteiger charge is -2.42. The highest BCUT2D eigenvalue weighted by Gasteiger charge is 2.37. The molecule has 0 spiro atoms. The molecule has 4 rings (SSSR count). The Kier molecular flexibility index (Phi) is 3.91. The van der Waals surface area contributed by atoms with Crippen LogP contribution < -0.4 is 0 Å². The van der Waals surface area contributed by atoms with Gasteiger partial charge in [0.2, 0.25) is 0 Å². The van der Waals surface area contributed by atoms with Gasteiger partial charge in [0, 0.05) is 29.7 Å². The standard InChI is InChI=1S/C21H24N2O/c1-16(17-7-3-2-4-8-17)23-14-6-12-21(24,15-23)19-9-5-10-20-18(19)11-13-22-20/h2-5,7-11,13,16,22,24H,6,12,14-15H2,1H3. The Balaban J connectivity index is 1.65. The van der Waals surface area contributed by atoms with E-state index < -0.39 is 5.60 Å². The first-order valence-electron chi connectivity index (χ1n) is 8.75. The summed E-state index contributed by atoms with van der Waals surface area (Å²) >= 11 is 0. The molecule has 3 heteroatoms. The van der Waals surface area contributed by atoms with Crippen molar-refractivity contribution in [3.63, 3.8) is 0 Å². The number of β-amino-alcohol motifs (C(OH)–C–C–N with tert-alkyl or cyclic N) is 1. The molecule has 0 amide bonds. The maximum Gasteiger partial charge on any atom is 0.103 e. The van der Waals surface area contributed by atoms with Crippen molar-refractivity contribution in [2.24, 2.45) is 0 Å². The summed E-state index contributed by atoms with van der Waals surface area (Å²) in [6.45, 7) is 3.94. The molecule has 0 saturated carbocycles. The molecule has 2 heterocycles. The molecule has 0 bridgehead atoms. The van der Waals surface area contributed by atoms with Crippen LogP contribution in [0.4, 0.5) is 0 Å². The zero-order valence-corrected chi connectivity index (χ0v) is 14.1. The predicted octanol–water partition coefficient (Wildman–Crippen LogP) is 4.21. The Labute approximate surface area is 142 Å². The Bertz CT molecular complexity index is 826. The van der Waals surface area contributed by atoms with Crippen molar-refractivity contribution in [2.45, 2.75) is 31.4 Å². The summed E-state index contributed by atoms with van der Waals surface area (Å²) in [6.07, 6.45) is 3.77. The van der Waals surface area contributed by atoms with Crippen molar-refractivity contribution >= 4 is 10.9 Å². The van der Waals surface area contributed by atoms with Gasteiger partial charge in [-0.15, -0.1) is 0 Å². The predicted molar refractivity (Wildman–Crippen MR) is 97.9 cm³/mol. The van der Waals surface area contributed by atoms with Gasteiger partial charge in [0.1, 0.15) is 5.60 Å². The van der Waals surface area contributed by atoms with Gasteiger partial charge in [0.05, 0.1) is 0 Å². The highest BCUT2D eigenvalue weighted by atomic mass is 16.3. The number of nitrogens with one attached hydrogen (secondary N) is 1. The summed E-state index contributed by atoms with van der Waals surface area (Å²) in [4.78, 5) is 5.66. The molecule has 3 aromatic rings. The van der Waals surface area contributed by atoms with Gasteiger partial charge in [-0.3, -0.25) is 4.90 Å². The third-order valence-corrected chi connectivity index (χ3v) is 5.43. The summed E-state index contributed by atoms with van der Waals surface area (Å²) in [5.74, 6) is 0. The molecule has 3 nitrogen and oxygen atoms in total. The van der Waals surface area contributed by atoms with Crippen molar-refractivity contribution in [1.82, 2.24) is 9.88 Å². The van der Waals surface area contributed by atoms with Crippen LogP contribution in [-0.2, 0) is 5.60 Å². The van der Waals surface area contributed by atoms with Gasteiger partial charge < -0.3 is 10.1 Å². The Hall–Kier alpha value is -2.10. The van der Waals surface area contributed by atoms with Crippen LogP contribution >= 0.6 is 0 Å². The van der Waals surface area contributed by atoms with Gasteiger partial charge >= 0.3 is 0 Å². The zero-order chi connectivity index (χ0) is 16.6. The Morgan fingerprint density at radius 3 is 2.75 bits per heavy atom. The molecule has 24 heavy (non-hydrogen) atoms. The quantitative estimate of drug-likeness (QED) is 0.759. The molecule has 1 aliphatic rings. The number of aliphatic hydroxyl groups is 1. The zero-order valence-electron chi connectivity index (χ0n) is 14.1. The summed E-state index contributed by atoms with van der Waals surface area (Å²) in [5, 5.41) is 12.6.